The molecule has 1 fully saturated rings. The van der Waals surface area contributed by atoms with Gasteiger partial charge in [-0.3, -0.25) is 4.68 Å². The summed E-state index contributed by atoms with van der Waals surface area (Å²) in [6, 6.07) is 7.27. The molecule has 0 saturated carbocycles. The highest BCUT2D eigenvalue weighted by Gasteiger charge is 2.34. The molecule has 2 aromatic heterocycles. The lowest BCUT2D eigenvalue weighted by molar-refractivity contribution is 0.129. The minimum absolute atomic E-state index is 0.0995. The van der Waals surface area contributed by atoms with Crippen molar-refractivity contribution in [1.29, 1.82) is 0 Å². The highest BCUT2D eigenvalue weighted by Crippen LogP contribution is 2.38. The molecule has 202 valence electrons. The SMILES string of the molecule is CCn1cncc1CC1(C)C=CC=CC1CN1CCC(Cn2ccc(COc3ccc(Cl)cc3Cl)n2)CC1. The van der Waals surface area contributed by atoms with Crippen LogP contribution in [0, 0.1) is 17.3 Å². The molecule has 5 rings (SSSR count). The van der Waals surface area contributed by atoms with Gasteiger partial charge in [0.15, 0.2) is 0 Å². The summed E-state index contributed by atoms with van der Waals surface area (Å²) in [5, 5.41) is 5.84. The molecule has 8 heteroatoms. The molecule has 0 amide bonds. The number of ether oxygens (including phenoxy) is 1. The zero-order valence-corrected chi connectivity index (χ0v) is 23.8. The quantitative estimate of drug-likeness (QED) is 0.280. The third-order valence-electron chi connectivity index (χ3n) is 8.05. The van der Waals surface area contributed by atoms with Gasteiger partial charge in [0.05, 0.1) is 17.0 Å². The topological polar surface area (TPSA) is 48.1 Å². The Bertz CT molecular complexity index is 1270. The number of benzene rings is 1. The van der Waals surface area contributed by atoms with Crippen LogP contribution >= 0.6 is 23.2 Å². The highest BCUT2D eigenvalue weighted by molar-refractivity contribution is 6.35. The average molecular weight is 555 g/mol. The number of likely N-dealkylation sites (tertiary alicyclic amines) is 1. The fraction of sp³-hybridized carbons (Fsp3) is 0.467. The lowest BCUT2D eigenvalue weighted by atomic mass is 9.71. The predicted octanol–water partition coefficient (Wildman–Crippen LogP) is 6.69. The maximum absolute atomic E-state index is 6.21. The number of hydrogen-bond acceptors (Lipinski definition) is 4. The van der Waals surface area contributed by atoms with Gasteiger partial charge in [0.25, 0.3) is 0 Å². The van der Waals surface area contributed by atoms with Crippen LogP contribution in [0.4, 0.5) is 0 Å². The van der Waals surface area contributed by atoms with Crippen molar-refractivity contribution in [1.82, 2.24) is 24.2 Å². The van der Waals surface area contributed by atoms with Gasteiger partial charge in [0, 0.05) is 42.7 Å². The van der Waals surface area contributed by atoms with Crippen LogP contribution < -0.4 is 4.74 Å². The zero-order valence-electron chi connectivity index (χ0n) is 22.3. The predicted molar refractivity (Wildman–Crippen MR) is 154 cm³/mol. The van der Waals surface area contributed by atoms with Crippen LogP contribution in [0.15, 0.2) is 67.3 Å². The largest absolute Gasteiger partial charge is 0.486 e. The van der Waals surface area contributed by atoms with Crippen molar-refractivity contribution in [2.24, 2.45) is 17.3 Å². The van der Waals surface area contributed by atoms with Gasteiger partial charge in [-0.2, -0.15) is 5.10 Å². The molecular weight excluding hydrogens is 517 g/mol. The molecule has 6 nitrogen and oxygen atoms in total. The molecule has 1 aliphatic heterocycles. The lowest BCUT2D eigenvalue weighted by Gasteiger charge is -2.40. The second kappa shape index (κ2) is 12.1. The van der Waals surface area contributed by atoms with Crippen LogP contribution in [0.3, 0.4) is 0 Å². The van der Waals surface area contributed by atoms with Gasteiger partial charge in [-0.1, -0.05) is 54.4 Å². The standard InChI is InChI=1S/C30H37Cl2N5O/c1-3-36-22-33-18-27(36)17-30(2)12-5-4-6-24(30)20-35-13-9-23(10-14-35)19-37-15-11-26(34-37)21-38-29-8-7-25(31)16-28(29)32/h4-8,11-12,15-16,18,22-24H,3,9-10,13-14,17,19-21H2,1-2H3. The fourth-order valence-corrected chi connectivity index (χ4v) is 6.13. The molecular formula is C30H37Cl2N5O. The Morgan fingerprint density at radius 1 is 1.11 bits per heavy atom. The Kier molecular flexibility index (Phi) is 8.61. The van der Waals surface area contributed by atoms with E-state index in [0.717, 1.165) is 44.8 Å². The molecule has 2 atom stereocenters. The fourth-order valence-electron chi connectivity index (χ4n) is 5.67. The number of allylic oxidation sites excluding steroid dienone is 3. The molecule has 3 aromatic rings. The molecule has 0 spiro atoms. The first-order valence-electron chi connectivity index (χ1n) is 13.6. The molecule has 0 bridgehead atoms. The Morgan fingerprint density at radius 2 is 1.95 bits per heavy atom. The molecule has 0 radical (unpaired) electrons. The molecule has 2 aliphatic rings. The van der Waals surface area contributed by atoms with E-state index in [4.69, 9.17) is 33.0 Å². The number of imidazole rings is 1. The van der Waals surface area contributed by atoms with Crippen LogP contribution in [0.2, 0.25) is 10.0 Å². The van der Waals surface area contributed by atoms with Crippen LogP contribution in [0.5, 0.6) is 5.75 Å². The Labute approximate surface area is 235 Å². The number of rotatable bonds is 10. The van der Waals surface area contributed by atoms with Crippen molar-refractivity contribution < 1.29 is 4.74 Å². The van der Waals surface area contributed by atoms with Crippen LogP contribution in [0.25, 0.3) is 0 Å². The minimum atomic E-state index is 0.0995. The summed E-state index contributed by atoms with van der Waals surface area (Å²) >= 11 is 12.2. The van der Waals surface area contributed by atoms with E-state index < -0.39 is 0 Å². The Morgan fingerprint density at radius 3 is 2.74 bits per heavy atom. The molecule has 38 heavy (non-hydrogen) atoms. The number of hydrogen-bond donors (Lipinski definition) is 0. The monoisotopic (exact) mass is 553 g/mol. The van der Waals surface area contributed by atoms with Gasteiger partial charge in [-0.25, -0.2) is 4.98 Å². The molecule has 0 N–H and O–H groups in total. The second-order valence-electron chi connectivity index (χ2n) is 10.8. The van der Waals surface area contributed by atoms with Gasteiger partial charge in [0.2, 0.25) is 0 Å². The van der Waals surface area contributed by atoms with E-state index in [1.807, 2.05) is 18.6 Å². The van der Waals surface area contributed by atoms with Crippen molar-refractivity contribution in [2.45, 2.75) is 52.8 Å². The molecule has 3 heterocycles. The molecule has 2 unspecified atom stereocenters. The van der Waals surface area contributed by atoms with Crippen molar-refractivity contribution in [3.63, 3.8) is 0 Å². The number of halogens is 2. The first-order valence-corrected chi connectivity index (χ1v) is 14.3. The maximum Gasteiger partial charge on any atom is 0.138 e. The van der Waals surface area contributed by atoms with E-state index in [-0.39, 0.29) is 5.41 Å². The van der Waals surface area contributed by atoms with Gasteiger partial charge < -0.3 is 14.2 Å². The van der Waals surface area contributed by atoms with E-state index in [1.165, 1.54) is 18.5 Å². The maximum atomic E-state index is 6.21. The Balaban J connectivity index is 1.10. The van der Waals surface area contributed by atoms with E-state index >= 15 is 0 Å². The third kappa shape index (κ3) is 6.53. The summed E-state index contributed by atoms with van der Waals surface area (Å²) in [7, 11) is 0. The smallest absolute Gasteiger partial charge is 0.138 e. The van der Waals surface area contributed by atoms with Crippen LogP contribution in [-0.2, 0) is 26.1 Å². The Hall–Kier alpha value is -2.54. The third-order valence-corrected chi connectivity index (χ3v) is 8.58. The summed E-state index contributed by atoms with van der Waals surface area (Å²) in [6.07, 6.45) is 18.7. The first-order chi connectivity index (χ1) is 18.4. The van der Waals surface area contributed by atoms with E-state index in [2.05, 4.69) is 63.5 Å². The van der Waals surface area contributed by atoms with Crippen LogP contribution in [-0.4, -0.2) is 43.9 Å². The van der Waals surface area contributed by atoms with Crippen molar-refractivity contribution in [3.8, 4) is 5.75 Å². The van der Waals surface area contributed by atoms with Crippen molar-refractivity contribution >= 4 is 23.2 Å². The number of piperidine rings is 1. The average Bonchev–Trinajstić information content (AvgIpc) is 3.55. The first kappa shape index (κ1) is 27.0. The van der Waals surface area contributed by atoms with Gasteiger partial charge in [-0.05, 0) is 80.8 Å². The van der Waals surface area contributed by atoms with Crippen LogP contribution in [0.1, 0.15) is 38.1 Å². The lowest BCUT2D eigenvalue weighted by Crippen LogP contribution is -2.42. The van der Waals surface area contributed by atoms with E-state index in [0.29, 0.717) is 34.2 Å². The van der Waals surface area contributed by atoms with Crippen molar-refractivity contribution in [3.05, 3.63) is 88.7 Å². The van der Waals surface area contributed by atoms with E-state index in [1.54, 1.807) is 18.2 Å². The molecule has 1 saturated heterocycles. The van der Waals surface area contributed by atoms with Crippen molar-refractivity contribution in [2.75, 3.05) is 19.6 Å². The van der Waals surface area contributed by atoms with Gasteiger partial charge >= 0.3 is 0 Å². The summed E-state index contributed by atoms with van der Waals surface area (Å²) in [6.45, 7) is 10.2. The number of aromatic nitrogens is 4. The highest BCUT2D eigenvalue weighted by atomic mass is 35.5. The number of nitrogens with zero attached hydrogens (tertiary/aromatic N) is 5. The molecule has 1 aliphatic carbocycles. The summed E-state index contributed by atoms with van der Waals surface area (Å²) in [4.78, 5) is 7.04. The normalized spacial score (nSPS) is 22.3. The van der Waals surface area contributed by atoms with E-state index in [9.17, 15) is 0 Å². The number of aryl methyl sites for hydroxylation is 1. The van der Waals surface area contributed by atoms with Gasteiger partial charge in [-0.15, -0.1) is 0 Å². The summed E-state index contributed by atoms with van der Waals surface area (Å²) < 4.78 is 10.2. The second-order valence-corrected chi connectivity index (χ2v) is 11.7. The minimum Gasteiger partial charge on any atom is -0.486 e. The van der Waals surface area contributed by atoms with Gasteiger partial charge in [0.1, 0.15) is 12.4 Å². The summed E-state index contributed by atoms with van der Waals surface area (Å²) in [5.41, 5.74) is 2.32. The summed E-state index contributed by atoms with van der Waals surface area (Å²) in [5.74, 6) is 1.75. The molecule has 1 aromatic carbocycles. The zero-order chi connectivity index (χ0) is 26.5.